The Morgan fingerprint density at radius 3 is 3.00 bits per heavy atom. The van der Waals surface area contributed by atoms with Crippen LogP contribution in [0.2, 0.25) is 0 Å². The molecule has 2 heterocycles. The normalized spacial score (nSPS) is 20.6. The second-order valence-electron chi connectivity index (χ2n) is 6.13. The van der Waals surface area contributed by atoms with Crippen molar-refractivity contribution in [1.82, 2.24) is 20.3 Å². The molecule has 1 aromatic heterocycles. The molecule has 0 bridgehead atoms. The van der Waals surface area contributed by atoms with Crippen molar-refractivity contribution in [3.05, 3.63) is 6.20 Å². The molecular formula is C13H22N4OS. The maximum absolute atomic E-state index is 12.3. The lowest BCUT2D eigenvalue weighted by atomic mass is 9.92. The average Bonchev–Trinajstić information content (AvgIpc) is 2.88. The molecule has 0 radical (unpaired) electrons. The predicted octanol–water partition coefficient (Wildman–Crippen LogP) is 2.18. The van der Waals surface area contributed by atoms with Crippen LogP contribution in [0.4, 0.5) is 0 Å². The minimum atomic E-state index is -0.277. The number of aromatic nitrogens is 3. The molecule has 0 saturated carbocycles. The summed E-state index contributed by atoms with van der Waals surface area (Å²) in [6.07, 6.45) is 4.04. The van der Waals surface area contributed by atoms with Crippen LogP contribution < -0.4 is 0 Å². The summed E-state index contributed by atoms with van der Waals surface area (Å²) < 4.78 is 0. The number of piperidine rings is 1. The number of hydrogen-bond acceptors (Lipinski definition) is 4. The van der Waals surface area contributed by atoms with Gasteiger partial charge in [-0.15, -0.1) is 16.9 Å². The van der Waals surface area contributed by atoms with E-state index in [0.29, 0.717) is 5.92 Å². The molecule has 1 saturated heterocycles. The van der Waals surface area contributed by atoms with Crippen LogP contribution in [-0.2, 0) is 4.79 Å². The molecule has 1 aliphatic heterocycles. The zero-order valence-corrected chi connectivity index (χ0v) is 12.7. The van der Waals surface area contributed by atoms with Crippen molar-refractivity contribution in [2.75, 3.05) is 18.8 Å². The third-order valence-corrected chi connectivity index (χ3v) is 4.44. The number of hydrogen-bond donors (Lipinski definition) is 1. The van der Waals surface area contributed by atoms with Crippen LogP contribution >= 0.6 is 11.8 Å². The van der Waals surface area contributed by atoms with Crippen LogP contribution in [0.15, 0.2) is 11.2 Å². The van der Waals surface area contributed by atoms with Crippen molar-refractivity contribution >= 4 is 17.7 Å². The highest BCUT2D eigenvalue weighted by atomic mass is 32.2. The number of likely N-dealkylation sites (tertiary alicyclic amines) is 1. The van der Waals surface area contributed by atoms with Gasteiger partial charge in [-0.2, -0.15) is 10.3 Å². The van der Waals surface area contributed by atoms with Gasteiger partial charge in [-0.25, -0.2) is 0 Å². The number of nitrogens with one attached hydrogen (secondary N) is 1. The third kappa shape index (κ3) is 3.96. The Balaban J connectivity index is 1.85. The van der Waals surface area contributed by atoms with E-state index in [-0.39, 0.29) is 11.3 Å². The predicted molar refractivity (Wildman–Crippen MR) is 75.9 cm³/mol. The first kappa shape index (κ1) is 14.4. The van der Waals surface area contributed by atoms with E-state index in [0.717, 1.165) is 30.3 Å². The zero-order chi connectivity index (χ0) is 13.9. The first-order chi connectivity index (χ1) is 8.97. The van der Waals surface area contributed by atoms with Crippen LogP contribution in [0.3, 0.4) is 0 Å². The topological polar surface area (TPSA) is 61.9 Å². The Hall–Kier alpha value is -1.04. The molecular weight excluding hydrogens is 260 g/mol. The number of H-pyrrole nitrogens is 1. The molecule has 1 aliphatic rings. The standard InChI is InChI=1S/C13H22N4OS/c1-13(2,3)12(18)17-6-4-5-10(8-17)9-19-11-7-14-16-15-11/h7,10H,4-6,8-9H2,1-3H3,(H,14,15,16)/t10-/m0/s1. The van der Waals surface area contributed by atoms with Crippen LogP contribution in [0, 0.1) is 11.3 Å². The van der Waals surface area contributed by atoms with Crippen molar-refractivity contribution < 1.29 is 4.79 Å². The molecule has 0 aliphatic carbocycles. The molecule has 0 spiro atoms. The Labute approximate surface area is 118 Å². The van der Waals surface area contributed by atoms with Crippen molar-refractivity contribution in [3.63, 3.8) is 0 Å². The van der Waals surface area contributed by atoms with E-state index in [1.807, 2.05) is 25.7 Å². The minimum absolute atomic E-state index is 0.267. The number of carbonyl (C=O) groups is 1. The Kier molecular flexibility index (Phi) is 4.50. The zero-order valence-electron chi connectivity index (χ0n) is 11.8. The van der Waals surface area contributed by atoms with E-state index >= 15 is 0 Å². The maximum Gasteiger partial charge on any atom is 0.227 e. The summed E-state index contributed by atoms with van der Waals surface area (Å²) in [6, 6.07) is 0. The molecule has 0 aromatic carbocycles. The van der Waals surface area contributed by atoms with Gasteiger partial charge in [0.25, 0.3) is 0 Å². The van der Waals surface area contributed by atoms with Gasteiger partial charge in [0.1, 0.15) is 5.03 Å². The van der Waals surface area contributed by atoms with E-state index in [2.05, 4.69) is 15.4 Å². The number of carbonyl (C=O) groups excluding carboxylic acids is 1. The van der Waals surface area contributed by atoms with Gasteiger partial charge in [-0.3, -0.25) is 4.79 Å². The van der Waals surface area contributed by atoms with E-state index in [9.17, 15) is 4.79 Å². The molecule has 1 N–H and O–H groups in total. The molecule has 0 unspecified atom stereocenters. The molecule has 5 nitrogen and oxygen atoms in total. The van der Waals surface area contributed by atoms with Crippen LogP contribution in [-0.4, -0.2) is 45.1 Å². The van der Waals surface area contributed by atoms with Gasteiger partial charge in [-0.05, 0) is 18.8 Å². The van der Waals surface area contributed by atoms with Crippen molar-refractivity contribution in [3.8, 4) is 0 Å². The van der Waals surface area contributed by atoms with E-state index in [1.165, 1.54) is 6.42 Å². The number of nitrogens with zero attached hydrogens (tertiary/aromatic N) is 3. The summed E-state index contributed by atoms with van der Waals surface area (Å²) in [7, 11) is 0. The maximum atomic E-state index is 12.3. The SMILES string of the molecule is CC(C)(C)C(=O)N1CCC[C@H](CSc2cn[nH]n2)C1. The number of rotatable bonds is 3. The number of thioether (sulfide) groups is 1. The van der Waals surface area contributed by atoms with E-state index in [1.54, 1.807) is 18.0 Å². The van der Waals surface area contributed by atoms with Gasteiger partial charge < -0.3 is 4.90 Å². The summed E-state index contributed by atoms with van der Waals surface area (Å²) in [5.41, 5.74) is -0.277. The third-order valence-electron chi connectivity index (χ3n) is 3.31. The Bertz CT molecular complexity index is 413. The summed E-state index contributed by atoms with van der Waals surface area (Å²) in [5, 5.41) is 11.4. The summed E-state index contributed by atoms with van der Waals surface area (Å²) in [6.45, 7) is 7.75. The molecule has 2 rings (SSSR count). The highest BCUT2D eigenvalue weighted by molar-refractivity contribution is 7.99. The number of aromatic amines is 1. The largest absolute Gasteiger partial charge is 0.342 e. The minimum Gasteiger partial charge on any atom is -0.342 e. The van der Waals surface area contributed by atoms with Gasteiger partial charge in [0, 0.05) is 24.3 Å². The summed E-state index contributed by atoms with van der Waals surface area (Å²) in [5.74, 6) is 1.82. The van der Waals surface area contributed by atoms with Crippen molar-refractivity contribution in [2.45, 2.75) is 38.6 Å². The van der Waals surface area contributed by atoms with Crippen LogP contribution in [0.1, 0.15) is 33.6 Å². The van der Waals surface area contributed by atoms with Crippen molar-refractivity contribution in [2.24, 2.45) is 11.3 Å². The molecule has 6 heteroatoms. The van der Waals surface area contributed by atoms with Gasteiger partial charge in [0.2, 0.25) is 5.91 Å². The van der Waals surface area contributed by atoms with E-state index < -0.39 is 0 Å². The molecule has 1 aromatic rings. The molecule has 1 amide bonds. The first-order valence-electron chi connectivity index (χ1n) is 6.75. The molecule has 1 fully saturated rings. The highest BCUT2D eigenvalue weighted by Gasteiger charge is 2.30. The fourth-order valence-electron chi connectivity index (χ4n) is 2.32. The quantitative estimate of drug-likeness (QED) is 0.863. The average molecular weight is 282 g/mol. The van der Waals surface area contributed by atoms with Gasteiger partial charge in [0.15, 0.2) is 0 Å². The number of amides is 1. The smallest absolute Gasteiger partial charge is 0.227 e. The first-order valence-corrected chi connectivity index (χ1v) is 7.73. The van der Waals surface area contributed by atoms with Gasteiger partial charge in [-0.1, -0.05) is 20.8 Å². The lowest BCUT2D eigenvalue weighted by molar-refractivity contribution is -0.141. The van der Waals surface area contributed by atoms with Gasteiger partial charge in [0.05, 0.1) is 6.20 Å². The fourth-order valence-corrected chi connectivity index (χ4v) is 3.23. The fraction of sp³-hybridized carbons (Fsp3) is 0.769. The molecule has 1 atom stereocenters. The second-order valence-corrected chi connectivity index (χ2v) is 7.17. The molecule has 19 heavy (non-hydrogen) atoms. The van der Waals surface area contributed by atoms with Gasteiger partial charge >= 0.3 is 0 Å². The highest BCUT2D eigenvalue weighted by Crippen LogP contribution is 2.27. The summed E-state index contributed by atoms with van der Waals surface area (Å²) in [4.78, 5) is 14.3. The summed E-state index contributed by atoms with van der Waals surface area (Å²) >= 11 is 1.71. The Morgan fingerprint density at radius 1 is 1.58 bits per heavy atom. The second kappa shape index (κ2) is 5.94. The molecule has 106 valence electrons. The monoisotopic (exact) mass is 282 g/mol. The van der Waals surface area contributed by atoms with Crippen LogP contribution in [0.5, 0.6) is 0 Å². The Morgan fingerprint density at radius 2 is 2.37 bits per heavy atom. The lowest BCUT2D eigenvalue weighted by Crippen LogP contribution is -2.45. The van der Waals surface area contributed by atoms with Crippen molar-refractivity contribution in [1.29, 1.82) is 0 Å². The van der Waals surface area contributed by atoms with Crippen LogP contribution in [0.25, 0.3) is 0 Å². The van der Waals surface area contributed by atoms with E-state index in [4.69, 9.17) is 0 Å². The lowest BCUT2D eigenvalue weighted by Gasteiger charge is -2.36.